The molecule has 3 rings (SSSR count). The summed E-state index contributed by atoms with van der Waals surface area (Å²) in [7, 11) is 1.51. The Morgan fingerprint density at radius 3 is 2.79 bits per heavy atom. The lowest BCUT2D eigenvalue weighted by molar-refractivity contribution is 0.380. The summed E-state index contributed by atoms with van der Waals surface area (Å²) in [5, 5.41) is 3.02. The Labute approximate surface area is 144 Å². The molecule has 2 N–H and O–H groups in total. The summed E-state index contributed by atoms with van der Waals surface area (Å²) in [5.41, 5.74) is 6.82. The first-order valence-electron chi connectivity index (χ1n) is 7.68. The van der Waals surface area contributed by atoms with Crippen LogP contribution in [0.2, 0.25) is 0 Å². The van der Waals surface area contributed by atoms with Crippen molar-refractivity contribution >= 4 is 22.4 Å². The normalized spacial score (nSPS) is 15.7. The number of anilines is 1. The number of ether oxygens (including phenoxy) is 1. The zero-order valence-corrected chi connectivity index (χ0v) is 14.3. The summed E-state index contributed by atoms with van der Waals surface area (Å²) in [6, 6.07) is 4.55. The van der Waals surface area contributed by atoms with Gasteiger partial charge in [0.1, 0.15) is 11.6 Å². The van der Waals surface area contributed by atoms with Gasteiger partial charge in [0.2, 0.25) is 0 Å². The Kier molecular flexibility index (Phi) is 5.14. The first kappa shape index (κ1) is 16.5. The van der Waals surface area contributed by atoms with Gasteiger partial charge < -0.3 is 20.3 Å². The first-order chi connectivity index (χ1) is 11.7. The zero-order chi connectivity index (χ0) is 16.9. The van der Waals surface area contributed by atoms with Crippen molar-refractivity contribution in [3.8, 4) is 5.75 Å². The second-order valence-electron chi connectivity index (χ2n) is 5.46. The maximum atomic E-state index is 13.5. The molecule has 1 aliphatic rings. The minimum absolute atomic E-state index is 0.326. The van der Waals surface area contributed by atoms with Crippen molar-refractivity contribution in [3.05, 3.63) is 41.2 Å². The van der Waals surface area contributed by atoms with Gasteiger partial charge in [0.15, 0.2) is 11.1 Å². The fraction of sp³-hybridized carbons (Fsp3) is 0.375. The number of hydrogen-bond acceptors (Lipinski definition) is 5. The van der Waals surface area contributed by atoms with Gasteiger partial charge in [-0.05, 0) is 17.7 Å². The predicted molar refractivity (Wildman–Crippen MR) is 94.2 cm³/mol. The van der Waals surface area contributed by atoms with E-state index in [2.05, 4.69) is 14.9 Å². The summed E-state index contributed by atoms with van der Waals surface area (Å²) < 4.78 is 18.6. The molecule has 0 radical (unpaired) electrons. The van der Waals surface area contributed by atoms with E-state index in [1.54, 1.807) is 17.4 Å². The molecule has 1 aromatic carbocycles. The van der Waals surface area contributed by atoms with Crippen LogP contribution >= 0.6 is 11.3 Å². The first-order valence-corrected chi connectivity index (χ1v) is 8.56. The number of halogens is 1. The molecule has 1 aliphatic heterocycles. The van der Waals surface area contributed by atoms with Crippen LogP contribution in [-0.4, -0.2) is 49.1 Å². The van der Waals surface area contributed by atoms with E-state index in [1.165, 1.54) is 19.2 Å². The number of guanidine groups is 1. The van der Waals surface area contributed by atoms with Crippen molar-refractivity contribution in [1.29, 1.82) is 0 Å². The molecule has 128 valence electrons. The highest BCUT2D eigenvalue weighted by Gasteiger charge is 2.19. The van der Waals surface area contributed by atoms with E-state index in [9.17, 15) is 4.39 Å². The second kappa shape index (κ2) is 7.48. The topological polar surface area (TPSA) is 67.0 Å². The third kappa shape index (κ3) is 3.94. The Morgan fingerprint density at radius 2 is 2.12 bits per heavy atom. The predicted octanol–water partition coefficient (Wildman–Crippen LogP) is 1.93. The van der Waals surface area contributed by atoms with Crippen LogP contribution in [0.5, 0.6) is 5.75 Å². The van der Waals surface area contributed by atoms with Gasteiger partial charge in [0.25, 0.3) is 0 Å². The van der Waals surface area contributed by atoms with Crippen LogP contribution in [0.15, 0.2) is 34.8 Å². The number of benzene rings is 1. The molecule has 0 aliphatic carbocycles. The van der Waals surface area contributed by atoms with Crippen molar-refractivity contribution in [1.82, 2.24) is 9.88 Å². The number of aliphatic imine (C=N–C) groups is 1. The van der Waals surface area contributed by atoms with Crippen LogP contribution in [0.1, 0.15) is 5.56 Å². The van der Waals surface area contributed by atoms with E-state index in [1.807, 2.05) is 16.5 Å². The number of aromatic nitrogens is 1. The molecule has 0 spiro atoms. The number of nitrogens with two attached hydrogens (primary N) is 1. The molecule has 0 amide bonds. The molecule has 0 unspecified atom stereocenters. The number of thiazole rings is 1. The maximum absolute atomic E-state index is 13.5. The fourth-order valence-corrected chi connectivity index (χ4v) is 3.30. The standard InChI is InChI=1S/C16H20FN5OS/c1-23-14-9-12(8-13(17)10-14)11-20-15(18)21-3-5-22(6-4-21)16-19-2-7-24-16/h2,7-10H,3-6,11H2,1H3,(H2,18,20). The van der Waals surface area contributed by atoms with E-state index >= 15 is 0 Å². The van der Waals surface area contributed by atoms with Crippen LogP contribution in [0.3, 0.4) is 0 Å². The van der Waals surface area contributed by atoms with E-state index < -0.39 is 0 Å². The van der Waals surface area contributed by atoms with E-state index in [4.69, 9.17) is 10.5 Å². The monoisotopic (exact) mass is 349 g/mol. The highest BCUT2D eigenvalue weighted by atomic mass is 32.1. The number of piperazine rings is 1. The van der Waals surface area contributed by atoms with Crippen molar-refractivity contribution in [2.75, 3.05) is 38.2 Å². The highest BCUT2D eigenvalue weighted by Crippen LogP contribution is 2.19. The molecule has 2 aromatic rings. The van der Waals surface area contributed by atoms with Gasteiger partial charge in [0, 0.05) is 43.8 Å². The number of rotatable bonds is 4. The summed E-state index contributed by atoms with van der Waals surface area (Å²) >= 11 is 1.64. The van der Waals surface area contributed by atoms with Gasteiger partial charge in [0.05, 0.1) is 13.7 Å². The van der Waals surface area contributed by atoms with E-state index in [-0.39, 0.29) is 5.82 Å². The summed E-state index contributed by atoms with van der Waals surface area (Å²) in [6.07, 6.45) is 1.81. The van der Waals surface area contributed by atoms with Crippen molar-refractivity contribution < 1.29 is 9.13 Å². The van der Waals surface area contributed by atoms with Gasteiger partial charge in [-0.1, -0.05) is 0 Å². The zero-order valence-electron chi connectivity index (χ0n) is 13.5. The van der Waals surface area contributed by atoms with Crippen LogP contribution in [-0.2, 0) is 6.54 Å². The highest BCUT2D eigenvalue weighted by molar-refractivity contribution is 7.13. The SMILES string of the molecule is COc1cc(F)cc(CN=C(N)N2CCN(c3nccs3)CC2)c1. The third-order valence-corrected chi connectivity index (χ3v) is 4.72. The molecule has 0 atom stereocenters. The molecule has 1 saturated heterocycles. The van der Waals surface area contributed by atoms with Gasteiger partial charge >= 0.3 is 0 Å². The number of hydrogen-bond donors (Lipinski definition) is 1. The molecule has 1 fully saturated rings. The molecule has 0 bridgehead atoms. The van der Waals surface area contributed by atoms with Crippen molar-refractivity contribution in [2.24, 2.45) is 10.7 Å². The summed E-state index contributed by atoms with van der Waals surface area (Å²) in [5.74, 6) is 0.628. The minimum atomic E-state index is -0.338. The largest absolute Gasteiger partial charge is 0.497 e. The molecular weight excluding hydrogens is 329 g/mol. The molecule has 1 aromatic heterocycles. The molecule has 0 saturated carbocycles. The number of methoxy groups -OCH3 is 1. The van der Waals surface area contributed by atoms with Crippen LogP contribution in [0.25, 0.3) is 0 Å². The molecule has 6 nitrogen and oxygen atoms in total. The Bertz CT molecular complexity index is 698. The van der Waals surface area contributed by atoms with Gasteiger partial charge in [-0.15, -0.1) is 11.3 Å². The van der Waals surface area contributed by atoms with Gasteiger partial charge in [-0.3, -0.25) is 0 Å². The van der Waals surface area contributed by atoms with Crippen LogP contribution < -0.4 is 15.4 Å². The quantitative estimate of drug-likeness (QED) is 0.675. The third-order valence-electron chi connectivity index (χ3n) is 3.88. The summed E-state index contributed by atoms with van der Waals surface area (Å²) in [6.45, 7) is 3.63. The number of nitrogens with zero attached hydrogens (tertiary/aromatic N) is 4. The Morgan fingerprint density at radius 1 is 1.33 bits per heavy atom. The average Bonchev–Trinajstić information content (AvgIpc) is 3.14. The van der Waals surface area contributed by atoms with Crippen LogP contribution in [0.4, 0.5) is 9.52 Å². The smallest absolute Gasteiger partial charge is 0.191 e. The minimum Gasteiger partial charge on any atom is -0.497 e. The Hall–Kier alpha value is -2.35. The van der Waals surface area contributed by atoms with E-state index in [0.717, 1.165) is 36.9 Å². The van der Waals surface area contributed by atoms with E-state index in [0.29, 0.717) is 18.3 Å². The van der Waals surface area contributed by atoms with Gasteiger partial charge in [-0.2, -0.15) is 0 Å². The van der Waals surface area contributed by atoms with Crippen molar-refractivity contribution in [2.45, 2.75) is 6.54 Å². The van der Waals surface area contributed by atoms with Gasteiger partial charge in [-0.25, -0.2) is 14.4 Å². The maximum Gasteiger partial charge on any atom is 0.191 e. The summed E-state index contributed by atoms with van der Waals surface area (Å²) in [4.78, 5) is 13.0. The molecule has 24 heavy (non-hydrogen) atoms. The van der Waals surface area contributed by atoms with Crippen molar-refractivity contribution in [3.63, 3.8) is 0 Å². The Balaban J connectivity index is 1.58. The molecule has 2 heterocycles. The average molecular weight is 349 g/mol. The molecule has 8 heteroatoms. The lowest BCUT2D eigenvalue weighted by Gasteiger charge is -2.35. The fourth-order valence-electron chi connectivity index (χ4n) is 2.60. The second-order valence-corrected chi connectivity index (χ2v) is 6.34. The van der Waals surface area contributed by atoms with Crippen LogP contribution in [0, 0.1) is 5.82 Å². The lowest BCUT2D eigenvalue weighted by Crippen LogP contribution is -2.51. The lowest BCUT2D eigenvalue weighted by atomic mass is 10.2. The molecular formula is C16H20FN5OS.